The Morgan fingerprint density at radius 2 is 1.80 bits per heavy atom. The number of benzene rings is 1. The fourth-order valence-electron chi connectivity index (χ4n) is 3.21. The molecule has 5 nitrogen and oxygen atoms in total. The number of carbonyl (C=O) groups excluding carboxylic acids is 1. The first-order valence-corrected chi connectivity index (χ1v) is 9.19. The number of carbonyl (C=O) groups is 1. The van der Waals surface area contributed by atoms with Crippen molar-refractivity contribution < 1.29 is 4.79 Å². The summed E-state index contributed by atoms with van der Waals surface area (Å²) in [6.45, 7) is 4.04. The van der Waals surface area contributed by atoms with Crippen LogP contribution in [0.4, 0.5) is 0 Å². The number of piperazine rings is 1. The number of aromatic nitrogens is 2. The second kappa shape index (κ2) is 6.98. The molecule has 0 N–H and O–H groups in total. The van der Waals surface area contributed by atoms with Gasteiger partial charge in [0.25, 0.3) is 5.91 Å². The lowest BCUT2D eigenvalue weighted by molar-refractivity contribution is 0.0626. The normalized spacial score (nSPS) is 15.6. The van der Waals surface area contributed by atoms with Crippen LogP contribution in [0.5, 0.6) is 0 Å². The monoisotopic (exact) mass is 398 g/mol. The molecule has 0 atom stereocenters. The third-order valence-electron chi connectivity index (χ3n) is 4.57. The van der Waals surface area contributed by atoms with Gasteiger partial charge in [-0.1, -0.05) is 18.2 Å². The quantitative estimate of drug-likeness (QED) is 0.680. The Morgan fingerprint density at radius 3 is 2.56 bits per heavy atom. The summed E-state index contributed by atoms with van der Waals surface area (Å²) in [5.41, 5.74) is 2.91. The summed E-state index contributed by atoms with van der Waals surface area (Å²) in [5, 5.41) is 4.61. The smallest absolute Gasteiger partial charge is 0.255 e. The van der Waals surface area contributed by atoms with Crippen molar-refractivity contribution in [1.82, 2.24) is 19.4 Å². The topological polar surface area (TPSA) is 40.9 Å². The van der Waals surface area contributed by atoms with Gasteiger partial charge in [-0.05, 0) is 46.3 Å². The van der Waals surface area contributed by atoms with Crippen molar-refractivity contribution in [3.63, 3.8) is 0 Å². The molecule has 2 aromatic heterocycles. The third kappa shape index (κ3) is 3.45. The van der Waals surface area contributed by atoms with E-state index in [4.69, 9.17) is 0 Å². The largest absolute Gasteiger partial charge is 0.336 e. The molecule has 0 aliphatic carbocycles. The summed E-state index contributed by atoms with van der Waals surface area (Å²) < 4.78 is 2.76. The molecular weight excluding hydrogens is 380 g/mol. The highest BCUT2D eigenvalue weighted by Crippen LogP contribution is 2.19. The summed E-state index contributed by atoms with van der Waals surface area (Å²) in [7, 11) is 0. The average molecular weight is 399 g/mol. The molecule has 0 spiro atoms. The number of nitrogens with zero attached hydrogens (tertiary/aromatic N) is 4. The molecule has 0 saturated carbocycles. The highest BCUT2D eigenvalue weighted by Gasteiger charge is 2.23. The number of rotatable bonds is 3. The van der Waals surface area contributed by atoms with E-state index in [1.807, 2.05) is 52.0 Å². The van der Waals surface area contributed by atoms with E-state index in [0.29, 0.717) is 0 Å². The number of amides is 1. The second-order valence-corrected chi connectivity index (χ2v) is 7.11. The first kappa shape index (κ1) is 16.3. The van der Waals surface area contributed by atoms with E-state index in [1.54, 1.807) is 0 Å². The lowest BCUT2D eigenvalue weighted by atomic mass is 10.2. The molecule has 0 bridgehead atoms. The molecule has 1 amide bonds. The van der Waals surface area contributed by atoms with E-state index in [-0.39, 0.29) is 5.91 Å². The third-order valence-corrected chi connectivity index (χ3v) is 5.26. The van der Waals surface area contributed by atoms with Gasteiger partial charge in [-0.3, -0.25) is 9.69 Å². The first-order valence-electron chi connectivity index (χ1n) is 8.40. The molecule has 1 fully saturated rings. The van der Waals surface area contributed by atoms with Gasteiger partial charge in [-0.2, -0.15) is 5.10 Å². The van der Waals surface area contributed by atoms with Gasteiger partial charge in [-0.15, -0.1) is 0 Å². The molecule has 6 heteroatoms. The van der Waals surface area contributed by atoms with Gasteiger partial charge in [0, 0.05) is 43.4 Å². The zero-order chi connectivity index (χ0) is 17.2. The Bertz CT molecular complexity index is 866. The maximum atomic E-state index is 12.7. The molecule has 0 radical (unpaired) electrons. The van der Waals surface area contributed by atoms with E-state index < -0.39 is 0 Å². The van der Waals surface area contributed by atoms with Crippen LogP contribution >= 0.6 is 15.9 Å². The maximum Gasteiger partial charge on any atom is 0.255 e. The minimum absolute atomic E-state index is 0.0971. The zero-order valence-electron chi connectivity index (χ0n) is 13.8. The van der Waals surface area contributed by atoms with E-state index in [0.717, 1.165) is 54.0 Å². The van der Waals surface area contributed by atoms with Crippen molar-refractivity contribution in [2.24, 2.45) is 0 Å². The lowest BCUT2D eigenvalue weighted by Gasteiger charge is -2.34. The van der Waals surface area contributed by atoms with Crippen LogP contribution in [0.15, 0.2) is 59.2 Å². The van der Waals surface area contributed by atoms with Crippen LogP contribution in [0, 0.1) is 0 Å². The van der Waals surface area contributed by atoms with Gasteiger partial charge < -0.3 is 4.90 Å². The second-order valence-electron chi connectivity index (χ2n) is 6.25. The molecule has 128 valence electrons. The predicted molar refractivity (Wildman–Crippen MR) is 101 cm³/mol. The number of hydrogen-bond donors (Lipinski definition) is 0. The molecule has 25 heavy (non-hydrogen) atoms. The van der Waals surface area contributed by atoms with Gasteiger partial charge in [-0.25, -0.2) is 4.52 Å². The van der Waals surface area contributed by atoms with Crippen LogP contribution in [0.3, 0.4) is 0 Å². The number of halogens is 1. The molecular formula is C19H19BrN4O. The van der Waals surface area contributed by atoms with Crippen molar-refractivity contribution in [3.8, 4) is 0 Å². The van der Waals surface area contributed by atoms with Crippen molar-refractivity contribution >= 4 is 27.4 Å². The molecule has 1 saturated heterocycles. The minimum atomic E-state index is 0.0971. The molecule has 1 aromatic carbocycles. The van der Waals surface area contributed by atoms with Crippen molar-refractivity contribution in [2.75, 3.05) is 26.2 Å². The first-order chi connectivity index (χ1) is 12.2. The van der Waals surface area contributed by atoms with Crippen LogP contribution in [-0.4, -0.2) is 51.5 Å². The number of hydrogen-bond acceptors (Lipinski definition) is 3. The van der Waals surface area contributed by atoms with E-state index in [2.05, 4.69) is 38.1 Å². The Labute approximate surface area is 155 Å². The summed E-state index contributed by atoms with van der Waals surface area (Å²) in [6.07, 6.45) is 1.97. The summed E-state index contributed by atoms with van der Waals surface area (Å²) in [5.74, 6) is 0.0971. The molecule has 4 rings (SSSR count). The Kier molecular flexibility index (Phi) is 4.55. The van der Waals surface area contributed by atoms with Gasteiger partial charge >= 0.3 is 0 Å². The Morgan fingerprint density at radius 1 is 1.04 bits per heavy atom. The average Bonchev–Trinajstić information content (AvgIpc) is 3.04. The lowest BCUT2D eigenvalue weighted by Crippen LogP contribution is -2.48. The van der Waals surface area contributed by atoms with Crippen molar-refractivity contribution in [3.05, 3.63) is 70.5 Å². The molecule has 1 aliphatic rings. The van der Waals surface area contributed by atoms with E-state index in [9.17, 15) is 4.79 Å². The Hall–Kier alpha value is -2.18. The van der Waals surface area contributed by atoms with Gasteiger partial charge in [0.05, 0.1) is 16.8 Å². The predicted octanol–water partition coefficient (Wildman–Crippen LogP) is 3.05. The SMILES string of the molecule is O=C(c1ccccc1Br)N1CCN(Cc2cc3ccccn3n2)CC1. The molecule has 3 aromatic rings. The highest BCUT2D eigenvalue weighted by molar-refractivity contribution is 9.10. The van der Waals surface area contributed by atoms with Gasteiger partial charge in [0.2, 0.25) is 0 Å². The molecule has 1 aliphatic heterocycles. The van der Waals surface area contributed by atoms with E-state index >= 15 is 0 Å². The van der Waals surface area contributed by atoms with Gasteiger partial charge in [0.15, 0.2) is 0 Å². The van der Waals surface area contributed by atoms with Crippen LogP contribution < -0.4 is 0 Å². The molecule has 0 unspecified atom stereocenters. The maximum absolute atomic E-state index is 12.7. The van der Waals surface area contributed by atoms with Crippen LogP contribution in [0.2, 0.25) is 0 Å². The molecule has 3 heterocycles. The number of pyridine rings is 1. The summed E-state index contributed by atoms with van der Waals surface area (Å²) in [4.78, 5) is 16.9. The zero-order valence-corrected chi connectivity index (χ0v) is 15.4. The van der Waals surface area contributed by atoms with Crippen LogP contribution in [0.25, 0.3) is 5.52 Å². The van der Waals surface area contributed by atoms with Crippen molar-refractivity contribution in [2.45, 2.75) is 6.54 Å². The van der Waals surface area contributed by atoms with E-state index in [1.165, 1.54) is 0 Å². The number of fused-ring (bicyclic) bond motifs is 1. The Balaban J connectivity index is 1.38. The fraction of sp³-hybridized carbons (Fsp3) is 0.263. The van der Waals surface area contributed by atoms with Crippen molar-refractivity contribution in [1.29, 1.82) is 0 Å². The summed E-state index contributed by atoms with van der Waals surface area (Å²) >= 11 is 3.47. The minimum Gasteiger partial charge on any atom is -0.336 e. The van der Waals surface area contributed by atoms with Crippen LogP contribution in [0.1, 0.15) is 16.1 Å². The summed E-state index contributed by atoms with van der Waals surface area (Å²) in [6, 6.07) is 15.8. The van der Waals surface area contributed by atoms with Gasteiger partial charge in [0.1, 0.15) is 0 Å². The highest BCUT2D eigenvalue weighted by atomic mass is 79.9. The van der Waals surface area contributed by atoms with Crippen LogP contribution in [-0.2, 0) is 6.54 Å². The standard InChI is InChI=1S/C19H19BrN4O/c20-18-7-2-1-6-17(18)19(25)23-11-9-22(10-12-23)14-15-13-16-5-3-4-8-24(16)21-15/h1-8,13H,9-12,14H2. The fourth-order valence-corrected chi connectivity index (χ4v) is 3.67.